The standard InChI is InChI=1S/C15H14N6OS/c22-14(12-10-20-8-9-23-15(20)17-12)16-6-3-7-21-13-5-2-1-4-11(13)18-19-21/h1-2,4-5,8-10H,3,6-7H2,(H,16,22). The van der Waals surface area contributed by atoms with Crippen molar-refractivity contribution in [1.29, 1.82) is 0 Å². The lowest BCUT2D eigenvalue weighted by atomic mass is 10.3. The van der Waals surface area contributed by atoms with E-state index in [4.69, 9.17) is 0 Å². The Kier molecular flexibility index (Phi) is 3.51. The highest BCUT2D eigenvalue weighted by molar-refractivity contribution is 7.15. The number of nitrogens with one attached hydrogen (secondary N) is 1. The van der Waals surface area contributed by atoms with E-state index in [-0.39, 0.29) is 5.91 Å². The Labute approximate surface area is 135 Å². The van der Waals surface area contributed by atoms with E-state index in [0.29, 0.717) is 18.8 Å². The van der Waals surface area contributed by atoms with Crippen molar-refractivity contribution >= 4 is 33.2 Å². The van der Waals surface area contributed by atoms with Gasteiger partial charge in [0, 0.05) is 30.9 Å². The number of carbonyl (C=O) groups excluding carboxylic acids is 1. The molecule has 8 heteroatoms. The second-order valence-corrected chi connectivity index (χ2v) is 6.00. The normalized spacial score (nSPS) is 11.3. The lowest BCUT2D eigenvalue weighted by molar-refractivity contribution is 0.0948. The van der Waals surface area contributed by atoms with Crippen molar-refractivity contribution in [3.63, 3.8) is 0 Å². The number of amides is 1. The SMILES string of the molecule is O=C(NCCCn1nnc2ccccc21)c1cn2ccsc2n1. The number of imidazole rings is 1. The molecule has 0 bridgehead atoms. The molecule has 1 N–H and O–H groups in total. The van der Waals surface area contributed by atoms with Gasteiger partial charge in [-0.1, -0.05) is 17.3 Å². The minimum atomic E-state index is -0.149. The topological polar surface area (TPSA) is 77.1 Å². The van der Waals surface area contributed by atoms with Crippen molar-refractivity contribution in [2.45, 2.75) is 13.0 Å². The van der Waals surface area contributed by atoms with Crippen LogP contribution in [0.1, 0.15) is 16.9 Å². The molecule has 0 saturated carbocycles. The van der Waals surface area contributed by atoms with Crippen molar-refractivity contribution in [2.24, 2.45) is 0 Å². The number of thiazole rings is 1. The van der Waals surface area contributed by atoms with Crippen LogP contribution in [0, 0.1) is 0 Å². The summed E-state index contributed by atoms with van der Waals surface area (Å²) in [6, 6.07) is 7.84. The zero-order chi connectivity index (χ0) is 15.6. The summed E-state index contributed by atoms with van der Waals surface area (Å²) < 4.78 is 3.70. The van der Waals surface area contributed by atoms with Gasteiger partial charge in [0.25, 0.3) is 5.91 Å². The predicted molar refractivity (Wildman–Crippen MR) is 87.5 cm³/mol. The third-order valence-electron chi connectivity index (χ3n) is 3.58. The van der Waals surface area contributed by atoms with Gasteiger partial charge in [-0.2, -0.15) is 0 Å². The largest absolute Gasteiger partial charge is 0.351 e. The summed E-state index contributed by atoms with van der Waals surface area (Å²) >= 11 is 1.51. The molecular formula is C15H14N6OS. The van der Waals surface area contributed by atoms with Gasteiger partial charge in [0.15, 0.2) is 4.96 Å². The molecule has 0 unspecified atom stereocenters. The van der Waals surface area contributed by atoms with Crippen molar-refractivity contribution < 1.29 is 4.79 Å². The molecule has 3 heterocycles. The molecule has 0 radical (unpaired) electrons. The average Bonchev–Trinajstić information content (AvgIpc) is 3.25. The molecule has 4 aromatic rings. The number of aryl methyl sites for hydroxylation is 1. The van der Waals surface area contributed by atoms with Crippen LogP contribution in [0.2, 0.25) is 0 Å². The Morgan fingerprint density at radius 2 is 2.22 bits per heavy atom. The summed E-state index contributed by atoms with van der Waals surface area (Å²) in [5, 5.41) is 13.1. The van der Waals surface area contributed by atoms with Crippen LogP contribution in [-0.4, -0.2) is 36.8 Å². The van der Waals surface area contributed by atoms with Crippen molar-refractivity contribution in [3.05, 3.63) is 47.7 Å². The van der Waals surface area contributed by atoms with Gasteiger partial charge in [-0.25, -0.2) is 9.67 Å². The zero-order valence-electron chi connectivity index (χ0n) is 12.2. The van der Waals surface area contributed by atoms with Crippen molar-refractivity contribution in [3.8, 4) is 0 Å². The highest BCUT2D eigenvalue weighted by Crippen LogP contribution is 2.11. The smallest absolute Gasteiger partial charge is 0.271 e. The van der Waals surface area contributed by atoms with Crippen LogP contribution in [0.15, 0.2) is 42.0 Å². The molecule has 3 aromatic heterocycles. The van der Waals surface area contributed by atoms with Gasteiger partial charge < -0.3 is 5.32 Å². The summed E-state index contributed by atoms with van der Waals surface area (Å²) in [6.07, 6.45) is 4.41. The second kappa shape index (κ2) is 5.81. The third-order valence-corrected chi connectivity index (χ3v) is 4.35. The fourth-order valence-corrected chi connectivity index (χ4v) is 3.14. The maximum atomic E-state index is 12.1. The summed E-state index contributed by atoms with van der Waals surface area (Å²) in [5.74, 6) is -0.149. The van der Waals surface area contributed by atoms with Gasteiger partial charge in [0.2, 0.25) is 0 Å². The van der Waals surface area contributed by atoms with Crippen molar-refractivity contribution in [1.82, 2.24) is 29.7 Å². The van der Waals surface area contributed by atoms with Crippen LogP contribution in [0.5, 0.6) is 0 Å². The number of benzene rings is 1. The van der Waals surface area contributed by atoms with E-state index in [1.165, 1.54) is 11.3 Å². The van der Waals surface area contributed by atoms with Crippen molar-refractivity contribution in [2.75, 3.05) is 6.54 Å². The first-order valence-electron chi connectivity index (χ1n) is 7.30. The monoisotopic (exact) mass is 326 g/mol. The molecule has 7 nitrogen and oxygen atoms in total. The quantitative estimate of drug-likeness (QED) is 0.569. The molecule has 1 amide bonds. The number of aromatic nitrogens is 5. The number of carbonyl (C=O) groups is 1. The zero-order valence-corrected chi connectivity index (χ0v) is 13.0. The van der Waals surface area contributed by atoms with Gasteiger partial charge in [-0.15, -0.1) is 16.4 Å². The molecule has 0 spiro atoms. The van der Waals surface area contributed by atoms with Gasteiger partial charge in [0.05, 0.1) is 5.52 Å². The molecule has 1 aromatic carbocycles. The summed E-state index contributed by atoms with van der Waals surface area (Å²) in [4.78, 5) is 17.2. The fraction of sp³-hybridized carbons (Fsp3) is 0.200. The lowest BCUT2D eigenvalue weighted by Gasteiger charge is -2.04. The maximum absolute atomic E-state index is 12.1. The number of fused-ring (bicyclic) bond motifs is 2. The summed E-state index contributed by atoms with van der Waals surface area (Å²) in [6.45, 7) is 1.28. The maximum Gasteiger partial charge on any atom is 0.271 e. The van der Waals surface area contributed by atoms with Gasteiger partial charge in [-0.3, -0.25) is 9.20 Å². The Balaban J connectivity index is 1.33. The van der Waals surface area contributed by atoms with Gasteiger partial charge in [0.1, 0.15) is 11.2 Å². The highest BCUT2D eigenvalue weighted by Gasteiger charge is 2.10. The number of para-hydroxylation sites is 1. The van der Waals surface area contributed by atoms with E-state index in [9.17, 15) is 4.79 Å². The van der Waals surface area contributed by atoms with E-state index in [2.05, 4.69) is 20.6 Å². The first-order valence-corrected chi connectivity index (χ1v) is 8.18. The molecule has 0 aliphatic heterocycles. The second-order valence-electron chi connectivity index (χ2n) is 5.13. The molecule has 0 saturated heterocycles. The van der Waals surface area contributed by atoms with Crippen LogP contribution in [0.25, 0.3) is 16.0 Å². The number of rotatable bonds is 5. The van der Waals surface area contributed by atoms with Crippen LogP contribution < -0.4 is 5.32 Å². The first kappa shape index (κ1) is 13.9. The third kappa shape index (κ3) is 2.68. The van der Waals surface area contributed by atoms with Crippen LogP contribution in [-0.2, 0) is 6.54 Å². The Morgan fingerprint density at radius 1 is 1.30 bits per heavy atom. The van der Waals surface area contributed by atoms with Crippen LogP contribution in [0.4, 0.5) is 0 Å². The molecule has 0 atom stereocenters. The van der Waals surface area contributed by atoms with Gasteiger partial charge >= 0.3 is 0 Å². The van der Waals surface area contributed by atoms with E-state index >= 15 is 0 Å². The van der Waals surface area contributed by atoms with Gasteiger partial charge in [-0.05, 0) is 18.6 Å². The molecule has 23 heavy (non-hydrogen) atoms. The van der Waals surface area contributed by atoms with E-state index in [0.717, 1.165) is 22.4 Å². The summed E-state index contributed by atoms with van der Waals surface area (Å²) in [5.41, 5.74) is 2.34. The molecular weight excluding hydrogens is 312 g/mol. The summed E-state index contributed by atoms with van der Waals surface area (Å²) in [7, 11) is 0. The van der Waals surface area contributed by atoms with E-state index in [1.807, 2.05) is 44.9 Å². The number of hydrogen-bond acceptors (Lipinski definition) is 5. The molecule has 0 aliphatic rings. The van der Waals surface area contributed by atoms with Crippen LogP contribution in [0.3, 0.4) is 0 Å². The Hall–Kier alpha value is -2.74. The Bertz CT molecular complexity index is 940. The Morgan fingerprint density at radius 3 is 3.13 bits per heavy atom. The minimum absolute atomic E-state index is 0.149. The lowest BCUT2D eigenvalue weighted by Crippen LogP contribution is -2.25. The molecule has 0 fully saturated rings. The number of nitrogens with zero attached hydrogens (tertiary/aromatic N) is 5. The van der Waals surface area contributed by atoms with E-state index in [1.54, 1.807) is 6.20 Å². The van der Waals surface area contributed by atoms with Crippen LogP contribution >= 0.6 is 11.3 Å². The molecule has 116 valence electrons. The predicted octanol–water partition coefficient (Wildman–Crippen LogP) is 1.96. The molecule has 4 rings (SSSR count). The first-order chi connectivity index (χ1) is 11.3. The fourth-order valence-electron chi connectivity index (χ4n) is 2.44. The molecule has 0 aliphatic carbocycles. The average molecular weight is 326 g/mol. The highest BCUT2D eigenvalue weighted by atomic mass is 32.1. The minimum Gasteiger partial charge on any atom is -0.351 e. The van der Waals surface area contributed by atoms with E-state index < -0.39 is 0 Å². The number of hydrogen-bond donors (Lipinski definition) is 1.